The number of halogens is 2. The number of hydrogen-bond donors (Lipinski definition) is 1. The summed E-state index contributed by atoms with van der Waals surface area (Å²) in [6.45, 7) is 3.70. The third kappa shape index (κ3) is 4.06. The Hall–Kier alpha value is -3.20. The summed E-state index contributed by atoms with van der Waals surface area (Å²) in [4.78, 5) is 17.1. The number of nitrogens with zero attached hydrogens (tertiary/aromatic N) is 4. The molecule has 154 valence electrons. The molecule has 6 nitrogen and oxygen atoms in total. The van der Waals surface area contributed by atoms with Crippen LogP contribution in [-0.2, 0) is 11.3 Å². The van der Waals surface area contributed by atoms with E-state index < -0.39 is 5.76 Å². The molecule has 0 aliphatic rings. The number of fused-ring (bicyclic) bond motifs is 1. The molecule has 4 aromatic rings. The van der Waals surface area contributed by atoms with Crippen molar-refractivity contribution in [3.05, 3.63) is 66.0 Å². The van der Waals surface area contributed by atoms with Crippen molar-refractivity contribution in [3.8, 4) is 5.69 Å². The van der Waals surface area contributed by atoms with E-state index in [-0.39, 0.29) is 17.6 Å². The zero-order valence-electron chi connectivity index (χ0n) is 16.3. The molecule has 0 bridgehead atoms. The standard InChI is InChI=1S/C21H19F2N5OS/c1-13-11-14(2)28(26-13)18-10-6-4-8-16(18)24-19(29)12-27-17-9-5-3-7-15(17)25-21(27)30-20(22)23/h3-11,20H,12H2,1-2H3,(H,24,29). The van der Waals surface area contributed by atoms with Crippen LogP contribution < -0.4 is 5.32 Å². The van der Waals surface area contributed by atoms with Crippen molar-refractivity contribution in [1.82, 2.24) is 19.3 Å². The van der Waals surface area contributed by atoms with Crippen molar-refractivity contribution in [1.29, 1.82) is 0 Å². The molecular formula is C21H19F2N5OS. The molecule has 0 unspecified atom stereocenters. The first kappa shape index (κ1) is 20.1. The Labute approximate surface area is 175 Å². The maximum atomic E-state index is 13.0. The number of rotatable bonds is 6. The largest absolute Gasteiger partial charge is 0.323 e. The summed E-state index contributed by atoms with van der Waals surface area (Å²) in [5.41, 5.74) is 4.31. The zero-order valence-corrected chi connectivity index (χ0v) is 17.2. The SMILES string of the molecule is Cc1cc(C)n(-c2ccccc2NC(=O)Cn2c(SC(F)F)nc3ccccc32)n1. The van der Waals surface area contributed by atoms with Gasteiger partial charge in [-0.05, 0) is 55.9 Å². The second kappa shape index (κ2) is 8.27. The monoisotopic (exact) mass is 427 g/mol. The van der Waals surface area contributed by atoms with Gasteiger partial charge in [-0.25, -0.2) is 9.67 Å². The van der Waals surface area contributed by atoms with Crippen LogP contribution in [0.4, 0.5) is 14.5 Å². The number of alkyl halides is 2. The molecule has 2 aromatic carbocycles. The van der Waals surface area contributed by atoms with E-state index in [2.05, 4.69) is 15.4 Å². The lowest BCUT2D eigenvalue weighted by molar-refractivity contribution is -0.116. The summed E-state index contributed by atoms with van der Waals surface area (Å²) in [6.07, 6.45) is 0. The lowest BCUT2D eigenvalue weighted by Gasteiger charge is -2.14. The van der Waals surface area contributed by atoms with Gasteiger partial charge in [0.1, 0.15) is 6.54 Å². The highest BCUT2D eigenvalue weighted by atomic mass is 32.2. The molecule has 0 saturated heterocycles. The average molecular weight is 427 g/mol. The van der Waals surface area contributed by atoms with E-state index in [0.29, 0.717) is 28.5 Å². The van der Waals surface area contributed by atoms with Crippen LogP contribution >= 0.6 is 11.8 Å². The summed E-state index contributed by atoms with van der Waals surface area (Å²) < 4.78 is 29.3. The summed E-state index contributed by atoms with van der Waals surface area (Å²) in [7, 11) is 0. The molecule has 1 amide bonds. The molecule has 0 saturated carbocycles. The number of aryl methyl sites for hydroxylation is 2. The van der Waals surface area contributed by atoms with Crippen molar-refractivity contribution in [3.63, 3.8) is 0 Å². The number of hydrogen-bond acceptors (Lipinski definition) is 4. The maximum Gasteiger partial charge on any atom is 0.291 e. The summed E-state index contributed by atoms with van der Waals surface area (Å²) in [5, 5.41) is 7.46. The maximum absolute atomic E-state index is 13.0. The number of benzene rings is 2. The first-order chi connectivity index (χ1) is 14.4. The van der Waals surface area contributed by atoms with Gasteiger partial charge in [-0.3, -0.25) is 4.79 Å². The van der Waals surface area contributed by atoms with E-state index in [1.807, 2.05) is 38.1 Å². The number of nitrogens with one attached hydrogen (secondary N) is 1. The number of thioether (sulfide) groups is 1. The number of amides is 1. The van der Waals surface area contributed by atoms with Crippen LogP contribution in [0.2, 0.25) is 0 Å². The van der Waals surface area contributed by atoms with Crippen LogP contribution in [0.25, 0.3) is 16.7 Å². The second-order valence-electron chi connectivity index (χ2n) is 6.75. The summed E-state index contributed by atoms with van der Waals surface area (Å²) in [6, 6.07) is 16.3. The predicted octanol–water partition coefficient (Wildman–Crippen LogP) is 4.79. The van der Waals surface area contributed by atoms with Crippen LogP contribution in [0, 0.1) is 13.8 Å². The van der Waals surface area contributed by atoms with Crippen LogP contribution in [0.5, 0.6) is 0 Å². The van der Waals surface area contributed by atoms with Crippen molar-refractivity contribution < 1.29 is 13.6 Å². The molecule has 0 fully saturated rings. The van der Waals surface area contributed by atoms with Crippen LogP contribution in [-0.4, -0.2) is 31.0 Å². The van der Waals surface area contributed by atoms with Gasteiger partial charge < -0.3 is 9.88 Å². The summed E-state index contributed by atoms with van der Waals surface area (Å²) in [5.74, 6) is -2.97. The Kier molecular flexibility index (Phi) is 5.54. The Balaban J connectivity index is 1.63. The van der Waals surface area contributed by atoms with Crippen LogP contribution in [0.1, 0.15) is 11.4 Å². The molecule has 0 aliphatic heterocycles. The second-order valence-corrected chi connectivity index (χ2v) is 7.71. The van der Waals surface area contributed by atoms with Gasteiger partial charge in [0.15, 0.2) is 5.16 Å². The predicted molar refractivity (Wildman–Crippen MR) is 113 cm³/mol. The van der Waals surface area contributed by atoms with E-state index in [1.54, 1.807) is 35.0 Å². The summed E-state index contributed by atoms with van der Waals surface area (Å²) >= 11 is 0.328. The minimum absolute atomic E-state index is 0.105. The number of carbonyl (C=O) groups is 1. The third-order valence-corrected chi connectivity index (χ3v) is 5.23. The molecule has 30 heavy (non-hydrogen) atoms. The van der Waals surface area contributed by atoms with Crippen LogP contribution in [0.15, 0.2) is 59.8 Å². The molecule has 0 atom stereocenters. The minimum atomic E-state index is -2.63. The average Bonchev–Trinajstić information content (AvgIpc) is 3.21. The van der Waals surface area contributed by atoms with Gasteiger partial charge >= 0.3 is 0 Å². The van der Waals surface area contributed by atoms with E-state index >= 15 is 0 Å². The molecule has 0 aliphatic carbocycles. The van der Waals surface area contributed by atoms with Gasteiger partial charge in [-0.2, -0.15) is 13.9 Å². The van der Waals surface area contributed by atoms with Crippen molar-refractivity contribution in [2.24, 2.45) is 0 Å². The fraction of sp³-hybridized carbons (Fsp3) is 0.190. The highest BCUT2D eigenvalue weighted by Gasteiger charge is 2.18. The fourth-order valence-corrected chi connectivity index (χ4v) is 3.95. The Morgan fingerprint density at radius 3 is 2.60 bits per heavy atom. The zero-order chi connectivity index (χ0) is 21.3. The topological polar surface area (TPSA) is 64.7 Å². The van der Waals surface area contributed by atoms with Crippen molar-refractivity contribution in [2.75, 3.05) is 5.32 Å². The van der Waals surface area contributed by atoms with Crippen molar-refractivity contribution in [2.45, 2.75) is 31.3 Å². The smallest absolute Gasteiger partial charge is 0.291 e. The van der Waals surface area contributed by atoms with Gasteiger partial charge in [0.25, 0.3) is 5.76 Å². The highest BCUT2D eigenvalue weighted by molar-refractivity contribution is 7.99. The first-order valence-electron chi connectivity index (χ1n) is 9.25. The number of anilines is 1. The van der Waals surface area contributed by atoms with E-state index in [0.717, 1.165) is 17.1 Å². The molecular weight excluding hydrogens is 408 g/mol. The van der Waals surface area contributed by atoms with Crippen LogP contribution in [0.3, 0.4) is 0 Å². The fourth-order valence-electron chi connectivity index (χ4n) is 3.35. The minimum Gasteiger partial charge on any atom is -0.323 e. The van der Waals surface area contributed by atoms with E-state index in [4.69, 9.17) is 0 Å². The van der Waals surface area contributed by atoms with E-state index in [1.165, 1.54) is 4.57 Å². The van der Waals surface area contributed by atoms with Crippen molar-refractivity contribution >= 4 is 34.4 Å². The number of para-hydroxylation sites is 4. The molecule has 2 aromatic heterocycles. The molecule has 0 spiro atoms. The highest BCUT2D eigenvalue weighted by Crippen LogP contribution is 2.29. The molecule has 4 rings (SSSR count). The lowest BCUT2D eigenvalue weighted by atomic mass is 10.2. The number of imidazole rings is 1. The van der Waals surface area contributed by atoms with Gasteiger partial charge in [0.05, 0.1) is 28.1 Å². The molecule has 9 heteroatoms. The molecule has 1 N–H and O–H groups in total. The Morgan fingerprint density at radius 2 is 1.87 bits per heavy atom. The molecule has 0 radical (unpaired) electrons. The Morgan fingerprint density at radius 1 is 1.13 bits per heavy atom. The van der Waals surface area contributed by atoms with Gasteiger partial charge in [-0.1, -0.05) is 24.3 Å². The lowest BCUT2D eigenvalue weighted by Crippen LogP contribution is -2.20. The normalized spacial score (nSPS) is 11.4. The van der Waals surface area contributed by atoms with Gasteiger partial charge in [-0.15, -0.1) is 0 Å². The van der Waals surface area contributed by atoms with E-state index in [9.17, 15) is 13.6 Å². The van der Waals surface area contributed by atoms with Gasteiger partial charge in [0.2, 0.25) is 5.91 Å². The first-order valence-corrected chi connectivity index (χ1v) is 10.1. The number of carbonyl (C=O) groups excluding carboxylic acids is 1. The quantitative estimate of drug-likeness (QED) is 0.449. The Bertz CT molecular complexity index is 1220. The third-order valence-electron chi connectivity index (χ3n) is 4.53. The molecule has 2 heterocycles. The van der Waals surface area contributed by atoms with Gasteiger partial charge in [0, 0.05) is 5.69 Å². The number of aromatic nitrogens is 4.